The minimum absolute atomic E-state index is 0.670. The Balaban J connectivity index is 1.75. The summed E-state index contributed by atoms with van der Waals surface area (Å²) in [6.45, 7) is 3.09. The van der Waals surface area contributed by atoms with Crippen molar-refractivity contribution in [1.29, 1.82) is 0 Å². The summed E-state index contributed by atoms with van der Waals surface area (Å²) in [7, 11) is 0. The maximum absolute atomic E-state index is 4.67. The molecule has 1 atom stereocenters. The first kappa shape index (κ1) is 15.6. The summed E-state index contributed by atoms with van der Waals surface area (Å²) in [6, 6.07) is 5.96. The lowest BCUT2D eigenvalue weighted by Gasteiger charge is -2.21. The fourth-order valence-corrected chi connectivity index (χ4v) is 4.88. The van der Waals surface area contributed by atoms with Crippen molar-refractivity contribution < 1.29 is 0 Å². The first-order valence-electron chi connectivity index (χ1n) is 7.56. The Kier molecular flexibility index (Phi) is 5.56. The van der Waals surface area contributed by atoms with Gasteiger partial charge in [0.2, 0.25) is 0 Å². The molecule has 1 fully saturated rings. The number of pyridine rings is 1. The molecule has 0 saturated carbocycles. The summed E-state index contributed by atoms with van der Waals surface area (Å²) < 4.78 is 0. The molecule has 4 nitrogen and oxygen atoms in total. The fraction of sp³-hybridized carbons (Fsp3) is 0.438. The molecule has 1 N–H and O–H groups in total. The molecule has 2 aromatic rings. The minimum Gasteiger partial charge on any atom is -0.369 e. The van der Waals surface area contributed by atoms with E-state index in [9.17, 15) is 0 Å². The normalized spacial score (nSPS) is 18.1. The van der Waals surface area contributed by atoms with Crippen LogP contribution in [0.15, 0.2) is 30.6 Å². The Morgan fingerprint density at radius 1 is 1.23 bits per heavy atom. The number of rotatable bonds is 5. The zero-order chi connectivity index (χ0) is 15.2. The number of aromatic nitrogens is 3. The van der Waals surface area contributed by atoms with Crippen LogP contribution in [-0.4, -0.2) is 44.0 Å². The highest BCUT2D eigenvalue weighted by molar-refractivity contribution is 8.06. The number of hydrogen-bond donors (Lipinski definition) is 1. The molecule has 0 spiro atoms. The van der Waals surface area contributed by atoms with E-state index in [1.165, 1.54) is 17.3 Å². The van der Waals surface area contributed by atoms with Crippen molar-refractivity contribution >= 4 is 29.3 Å². The Morgan fingerprint density at radius 2 is 2.09 bits per heavy atom. The smallest absolute Gasteiger partial charge is 0.161 e. The highest BCUT2D eigenvalue weighted by atomic mass is 32.2. The van der Waals surface area contributed by atoms with E-state index in [0.717, 1.165) is 35.9 Å². The van der Waals surface area contributed by atoms with Crippen LogP contribution >= 0.6 is 23.5 Å². The number of anilines is 1. The Bertz CT molecular complexity index is 600. The third-order valence-corrected chi connectivity index (χ3v) is 6.32. The second kappa shape index (κ2) is 7.83. The largest absolute Gasteiger partial charge is 0.369 e. The SMILES string of the molecule is CCc1cc(NCC2CSCCS2)nc(-c2ccncc2)n1. The molecule has 1 saturated heterocycles. The standard InChI is InChI=1S/C16H20N4S2/c1-2-13-9-15(18-10-14-11-21-7-8-22-14)20-16(19-13)12-3-5-17-6-4-12/h3-6,9,14H,2,7-8,10-11H2,1H3,(H,18,19,20). The fourth-order valence-electron chi connectivity index (χ4n) is 2.27. The minimum atomic E-state index is 0.670. The Morgan fingerprint density at radius 3 is 2.82 bits per heavy atom. The first-order chi connectivity index (χ1) is 10.8. The second-order valence-electron chi connectivity index (χ2n) is 5.11. The monoisotopic (exact) mass is 332 g/mol. The van der Waals surface area contributed by atoms with Crippen molar-refractivity contribution in [3.05, 3.63) is 36.3 Å². The van der Waals surface area contributed by atoms with Crippen LogP contribution in [-0.2, 0) is 6.42 Å². The van der Waals surface area contributed by atoms with Crippen LogP contribution in [0.25, 0.3) is 11.4 Å². The number of nitrogens with one attached hydrogen (secondary N) is 1. The predicted molar refractivity (Wildman–Crippen MR) is 96.7 cm³/mol. The molecule has 1 aliphatic rings. The van der Waals surface area contributed by atoms with Crippen molar-refractivity contribution in [2.45, 2.75) is 18.6 Å². The summed E-state index contributed by atoms with van der Waals surface area (Å²) >= 11 is 4.10. The van der Waals surface area contributed by atoms with Crippen LogP contribution in [0, 0.1) is 0 Å². The van der Waals surface area contributed by atoms with Crippen molar-refractivity contribution in [2.75, 3.05) is 29.1 Å². The van der Waals surface area contributed by atoms with Crippen molar-refractivity contribution in [1.82, 2.24) is 15.0 Å². The van der Waals surface area contributed by atoms with Gasteiger partial charge in [-0.3, -0.25) is 4.98 Å². The van der Waals surface area contributed by atoms with E-state index in [2.05, 4.69) is 45.0 Å². The van der Waals surface area contributed by atoms with Crippen LogP contribution in [0.4, 0.5) is 5.82 Å². The third kappa shape index (κ3) is 4.14. The summed E-state index contributed by atoms with van der Waals surface area (Å²) in [5, 5.41) is 4.17. The number of nitrogens with zero attached hydrogens (tertiary/aromatic N) is 3. The van der Waals surface area contributed by atoms with Crippen molar-refractivity contribution in [3.8, 4) is 11.4 Å². The van der Waals surface area contributed by atoms with Gasteiger partial charge in [-0.15, -0.1) is 0 Å². The maximum Gasteiger partial charge on any atom is 0.161 e. The molecule has 1 aliphatic heterocycles. The highest BCUT2D eigenvalue weighted by Crippen LogP contribution is 2.24. The van der Waals surface area contributed by atoms with Gasteiger partial charge in [0.05, 0.1) is 0 Å². The van der Waals surface area contributed by atoms with Gasteiger partial charge >= 0.3 is 0 Å². The average Bonchev–Trinajstić information content (AvgIpc) is 2.61. The maximum atomic E-state index is 4.67. The van der Waals surface area contributed by atoms with Gasteiger partial charge in [0.25, 0.3) is 0 Å². The molecule has 0 bridgehead atoms. The number of hydrogen-bond acceptors (Lipinski definition) is 6. The van der Waals surface area contributed by atoms with Gasteiger partial charge in [-0.2, -0.15) is 23.5 Å². The van der Waals surface area contributed by atoms with Gasteiger partial charge < -0.3 is 5.32 Å². The molecule has 3 rings (SSSR count). The molecule has 116 valence electrons. The van der Waals surface area contributed by atoms with Crippen molar-refractivity contribution in [2.24, 2.45) is 0 Å². The second-order valence-corrected chi connectivity index (χ2v) is 7.66. The van der Waals surface area contributed by atoms with E-state index < -0.39 is 0 Å². The van der Waals surface area contributed by atoms with E-state index >= 15 is 0 Å². The van der Waals surface area contributed by atoms with E-state index in [-0.39, 0.29) is 0 Å². The van der Waals surface area contributed by atoms with Gasteiger partial charge in [-0.1, -0.05) is 6.92 Å². The molecule has 6 heteroatoms. The lowest BCUT2D eigenvalue weighted by molar-refractivity contribution is 0.966. The van der Waals surface area contributed by atoms with Gasteiger partial charge in [-0.25, -0.2) is 9.97 Å². The lowest BCUT2D eigenvalue weighted by atomic mass is 10.2. The van der Waals surface area contributed by atoms with Gasteiger partial charge in [0, 0.05) is 58.8 Å². The van der Waals surface area contributed by atoms with Crippen LogP contribution < -0.4 is 5.32 Å². The predicted octanol–water partition coefficient (Wildman–Crippen LogP) is 3.36. The zero-order valence-corrected chi connectivity index (χ0v) is 14.3. The molecule has 22 heavy (non-hydrogen) atoms. The highest BCUT2D eigenvalue weighted by Gasteiger charge is 2.14. The molecule has 0 aromatic carbocycles. The van der Waals surface area contributed by atoms with Crippen molar-refractivity contribution in [3.63, 3.8) is 0 Å². The van der Waals surface area contributed by atoms with Crippen LogP contribution in [0.1, 0.15) is 12.6 Å². The first-order valence-corrected chi connectivity index (χ1v) is 9.77. The summed E-state index contributed by atoms with van der Waals surface area (Å²) in [5.41, 5.74) is 2.07. The van der Waals surface area contributed by atoms with E-state index in [1.807, 2.05) is 23.9 Å². The average molecular weight is 332 g/mol. The summed E-state index contributed by atoms with van der Waals surface area (Å²) in [5.74, 6) is 5.45. The van der Waals surface area contributed by atoms with E-state index in [4.69, 9.17) is 0 Å². The summed E-state index contributed by atoms with van der Waals surface area (Å²) in [6.07, 6.45) is 4.46. The molecule has 0 radical (unpaired) electrons. The molecule has 3 heterocycles. The van der Waals surface area contributed by atoms with Crippen LogP contribution in [0.2, 0.25) is 0 Å². The van der Waals surface area contributed by atoms with Crippen LogP contribution in [0.5, 0.6) is 0 Å². The molecule has 2 aromatic heterocycles. The topological polar surface area (TPSA) is 50.7 Å². The molecular formula is C16H20N4S2. The van der Waals surface area contributed by atoms with Gasteiger partial charge in [0.15, 0.2) is 5.82 Å². The van der Waals surface area contributed by atoms with Crippen LogP contribution in [0.3, 0.4) is 0 Å². The molecule has 0 aliphatic carbocycles. The number of aryl methyl sites for hydroxylation is 1. The van der Waals surface area contributed by atoms with Gasteiger partial charge in [-0.05, 0) is 18.6 Å². The van der Waals surface area contributed by atoms with E-state index in [0.29, 0.717) is 5.25 Å². The van der Waals surface area contributed by atoms with E-state index in [1.54, 1.807) is 12.4 Å². The Hall–Kier alpha value is -1.27. The molecule has 0 amide bonds. The van der Waals surface area contributed by atoms with Gasteiger partial charge in [0.1, 0.15) is 5.82 Å². The number of thioether (sulfide) groups is 2. The lowest BCUT2D eigenvalue weighted by Crippen LogP contribution is -2.23. The zero-order valence-electron chi connectivity index (χ0n) is 12.7. The Labute approximate surface area is 139 Å². The summed E-state index contributed by atoms with van der Waals surface area (Å²) in [4.78, 5) is 13.4. The molecule has 1 unspecified atom stereocenters. The third-order valence-electron chi connectivity index (χ3n) is 3.48. The quantitative estimate of drug-likeness (QED) is 0.906. The molecular weight excluding hydrogens is 312 g/mol.